The second-order valence-corrected chi connectivity index (χ2v) is 4.53. The average Bonchev–Trinajstić information content (AvgIpc) is 2.26. The van der Waals surface area contributed by atoms with E-state index in [1.54, 1.807) is 6.07 Å². The minimum Gasteiger partial charge on any atom is -0.463 e. The SMILES string of the molecule is COC(=O)C(=O)C(Cl)c1ccc(C)cc1Br. The van der Waals surface area contributed by atoms with Gasteiger partial charge in [0.2, 0.25) is 0 Å². The number of methoxy groups -OCH3 is 1. The molecule has 0 saturated carbocycles. The minimum absolute atomic E-state index is 0.558. The van der Waals surface area contributed by atoms with Crippen LogP contribution in [0.4, 0.5) is 0 Å². The van der Waals surface area contributed by atoms with Crippen LogP contribution < -0.4 is 0 Å². The maximum absolute atomic E-state index is 11.5. The molecular formula is C11H10BrClO3. The molecule has 0 bridgehead atoms. The van der Waals surface area contributed by atoms with Gasteiger partial charge >= 0.3 is 5.97 Å². The summed E-state index contributed by atoms with van der Waals surface area (Å²) < 4.78 is 5.03. The lowest BCUT2D eigenvalue weighted by atomic mass is 10.1. The number of carbonyl (C=O) groups excluding carboxylic acids is 2. The van der Waals surface area contributed by atoms with Gasteiger partial charge in [0.1, 0.15) is 5.38 Å². The largest absolute Gasteiger partial charge is 0.463 e. The first-order valence-electron chi connectivity index (χ1n) is 4.49. The van der Waals surface area contributed by atoms with E-state index in [4.69, 9.17) is 11.6 Å². The lowest BCUT2D eigenvalue weighted by molar-refractivity contribution is -0.151. The Morgan fingerprint density at radius 3 is 2.56 bits per heavy atom. The predicted octanol–water partition coefficient (Wildman–Crippen LogP) is 2.78. The van der Waals surface area contributed by atoms with E-state index in [0.29, 0.717) is 10.0 Å². The van der Waals surface area contributed by atoms with Crippen LogP contribution in [0.25, 0.3) is 0 Å². The molecule has 0 aromatic heterocycles. The first-order chi connectivity index (χ1) is 7.47. The number of esters is 1. The van der Waals surface area contributed by atoms with Crippen LogP contribution in [0.2, 0.25) is 0 Å². The number of aryl methyl sites for hydroxylation is 1. The van der Waals surface area contributed by atoms with Crippen LogP contribution in [0.1, 0.15) is 16.5 Å². The molecule has 1 unspecified atom stereocenters. The molecule has 0 saturated heterocycles. The number of carbonyl (C=O) groups is 2. The molecular weight excluding hydrogens is 295 g/mol. The molecule has 86 valence electrons. The van der Waals surface area contributed by atoms with E-state index in [1.165, 1.54) is 0 Å². The fourth-order valence-electron chi connectivity index (χ4n) is 1.18. The zero-order valence-corrected chi connectivity index (χ0v) is 11.1. The molecule has 1 aromatic rings. The fourth-order valence-corrected chi connectivity index (χ4v) is 2.32. The Morgan fingerprint density at radius 1 is 1.44 bits per heavy atom. The van der Waals surface area contributed by atoms with Gasteiger partial charge in [0.05, 0.1) is 7.11 Å². The molecule has 1 rings (SSSR count). The van der Waals surface area contributed by atoms with Gasteiger partial charge in [0.15, 0.2) is 0 Å². The molecule has 3 nitrogen and oxygen atoms in total. The van der Waals surface area contributed by atoms with Gasteiger partial charge < -0.3 is 4.74 Å². The van der Waals surface area contributed by atoms with Gasteiger partial charge in [-0.2, -0.15) is 0 Å². The molecule has 1 aromatic carbocycles. The van der Waals surface area contributed by atoms with Crippen LogP contribution in [-0.4, -0.2) is 18.9 Å². The summed E-state index contributed by atoms with van der Waals surface area (Å²) in [6.07, 6.45) is 0. The highest BCUT2D eigenvalue weighted by atomic mass is 79.9. The summed E-state index contributed by atoms with van der Waals surface area (Å²) in [6.45, 7) is 1.92. The summed E-state index contributed by atoms with van der Waals surface area (Å²) in [4.78, 5) is 22.5. The number of ketones is 1. The number of ether oxygens (including phenoxy) is 1. The molecule has 0 aliphatic carbocycles. The number of rotatable bonds is 3. The standard InChI is InChI=1S/C11H10BrClO3/c1-6-3-4-7(8(12)5-6)9(13)10(14)11(15)16-2/h3-5,9H,1-2H3. The van der Waals surface area contributed by atoms with Crippen molar-refractivity contribution in [3.05, 3.63) is 33.8 Å². The van der Waals surface area contributed by atoms with Crippen LogP contribution in [-0.2, 0) is 14.3 Å². The van der Waals surface area contributed by atoms with E-state index in [1.807, 2.05) is 19.1 Å². The molecule has 16 heavy (non-hydrogen) atoms. The Kier molecular flexibility index (Phi) is 4.50. The Hall–Kier alpha value is -0.870. The number of hydrogen-bond donors (Lipinski definition) is 0. The second-order valence-electron chi connectivity index (χ2n) is 3.24. The van der Waals surface area contributed by atoms with Gasteiger partial charge in [-0.05, 0) is 24.1 Å². The van der Waals surface area contributed by atoms with E-state index < -0.39 is 17.1 Å². The lowest BCUT2D eigenvalue weighted by Gasteiger charge is -2.10. The van der Waals surface area contributed by atoms with Gasteiger partial charge in [-0.1, -0.05) is 28.1 Å². The van der Waals surface area contributed by atoms with E-state index >= 15 is 0 Å². The van der Waals surface area contributed by atoms with Gasteiger partial charge in [-0.3, -0.25) is 4.79 Å². The van der Waals surface area contributed by atoms with Gasteiger partial charge in [0.25, 0.3) is 5.78 Å². The van der Waals surface area contributed by atoms with Crippen LogP contribution in [0, 0.1) is 6.92 Å². The van der Waals surface area contributed by atoms with Crippen molar-refractivity contribution in [2.45, 2.75) is 12.3 Å². The number of halogens is 2. The quantitative estimate of drug-likeness (QED) is 0.490. The zero-order valence-electron chi connectivity index (χ0n) is 8.79. The van der Waals surface area contributed by atoms with E-state index in [0.717, 1.165) is 12.7 Å². The van der Waals surface area contributed by atoms with Gasteiger partial charge in [-0.25, -0.2) is 4.79 Å². The van der Waals surface area contributed by atoms with E-state index in [9.17, 15) is 9.59 Å². The maximum atomic E-state index is 11.5. The third-order valence-electron chi connectivity index (χ3n) is 2.05. The molecule has 0 fully saturated rings. The summed E-state index contributed by atoms with van der Waals surface area (Å²) in [5.74, 6) is -1.71. The third-order valence-corrected chi connectivity index (χ3v) is 3.17. The Labute approximate surface area is 107 Å². The van der Waals surface area contributed by atoms with Crippen molar-refractivity contribution in [3.8, 4) is 0 Å². The molecule has 0 radical (unpaired) electrons. The van der Waals surface area contributed by atoms with E-state index in [2.05, 4.69) is 20.7 Å². The van der Waals surface area contributed by atoms with Crippen LogP contribution in [0.5, 0.6) is 0 Å². The summed E-state index contributed by atoms with van der Waals surface area (Å²) in [7, 11) is 1.15. The molecule has 5 heteroatoms. The van der Waals surface area contributed by atoms with Crippen molar-refractivity contribution >= 4 is 39.3 Å². The van der Waals surface area contributed by atoms with Crippen molar-refractivity contribution < 1.29 is 14.3 Å². The molecule has 0 aliphatic heterocycles. The van der Waals surface area contributed by atoms with Crippen LogP contribution >= 0.6 is 27.5 Å². The normalized spacial score (nSPS) is 12.0. The lowest BCUT2D eigenvalue weighted by Crippen LogP contribution is -2.20. The molecule has 1 atom stereocenters. The highest BCUT2D eigenvalue weighted by molar-refractivity contribution is 9.10. The Morgan fingerprint density at radius 2 is 2.06 bits per heavy atom. The summed E-state index contributed by atoms with van der Waals surface area (Å²) >= 11 is 9.21. The Bertz CT molecular complexity index is 431. The van der Waals surface area contributed by atoms with Gasteiger partial charge in [0, 0.05) is 4.47 Å². The topological polar surface area (TPSA) is 43.4 Å². The monoisotopic (exact) mass is 304 g/mol. The first kappa shape index (κ1) is 13.2. The van der Waals surface area contributed by atoms with Crippen molar-refractivity contribution in [3.63, 3.8) is 0 Å². The summed E-state index contributed by atoms with van der Waals surface area (Å²) in [6, 6.07) is 5.35. The number of Topliss-reactive ketones (excluding diaryl/α,β-unsaturated/α-hetero) is 1. The molecule has 0 aliphatic rings. The maximum Gasteiger partial charge on any atom is 0.376 e. The Balaban J connectivity index is 3.01. The predicted molar refractivity (Wildman–Crippen MR) is 64.5 cm³/mol. The number of alkyl halides is 1. The van der Waals surface area contributed by atoms with Crippen molar-refractivity contribution in [1.29, 1.82) is 0 Å². The second kappa shape index (κ2) is 5.46. The average molecular weight is 306 g/mol. The zero-order chi connectivity index (χ0) is 12.3. The minimum atomic E-state index is -1.03. The fraction of sp³-hybridized carbons (Fsp3) is 0.273. The van der Waals surface area contributed by atoms with Crippen molar-refractivity contribution in [2.24, 2.45) is 0 Å². The van der Waals surface area contributed by atoms with Gasteiger partial charge in [-0.15, -0.1) is 11.6 Å². The smallest absolute Gasteiger partial charge is 0.376 e. The summed E-state index contributed by atoms with van der Waals surface area (Å²) in [5.41, 5.74) is 1.59. The third kappa shape index (κ3) is 2.83. The number of benzene rings is 1. The van der Waals surface area contributed by atoms with Crippen molar-refractivity contribution in [1.82, 2.24) is 0 Å². The number of hydrogen-bond acceptors (Lipinski definition) is 3. The summed E-state index contributed by atoms with van der Waals surface area (Å²) in [5, 5.41) is -1.03. The molecule has 0 spiro atoms. The molecule has 0 amide bonds. The van der Waals surface area contributed by atoms with Crippen molar-refractivity contribution in [2.75, 3.05) is 7.11 Å². The molecule has 0 heterocycles. The highest BCUT2D eigenvalue weighted by Gasteiger charge is 2.26. The molecule has 0 N–H and O–H groups in total. The highest BCUT2D eigenvalue weighted by Crippen LogP contribution is 2.29. The first-order valence-corrected chi connectivity index (χ1v) is 5.72. The van der Waals surface area contributed by atoms with Crippen LogP contribution in [0.15, 0.2) is 22.7 Å². The van der Waals surface area contributed by atoms with E-state index in [-0.39, 0.29) is 0 Å². The van der Waals surface area contributed by atoms with Crippen LogP contribution in [0.3, 0.4) is 0 Å².